The Bertz CT molecular complexity index is 286. The number of rotatable bonds is 6. The van der Waals surface area contributed by atoms with Gasteiger partial charge in [0.05, 0.1) is 5.69 Å². The molecule has 0 aliphatic heterocycles. The van der Waals surface area contributed by atoms with Crippen LogP contribution in [0.5, 0.6) is 0 Å². The Morgan fingerprint density at radius 2 is 2.00 bits per heavy atom. The maximum Gasteiger partial charge on any atom is 0.146 e. The summed E-state index contributed by atoms with van der Waals surface area (Å²) in [4.78, 5) is 0. The van der Waals surface area contributed by atoms with E-state index in [4.69, 9.17) is 0 Å². The fourth-order valence-electron chi connectivity index (χ4n) is 1.62. The van der Waals surface area contributed by atoms with E-state index in [2.05, 4.69) is 19.2 Å². The molecule has 1 aromatic carbocycles. The highest BCUT2D eigenvalue weighted by atomic mass is 19.1. The van der Waals surface area contributed by atoms with E-state index in [-0.39, 0.29) is 5.82 Å². The lowest BCUT2D eigenvalue weighted by Crippen LogP contribution is -2.15. The Balaban J connectivity index is 2.37. The first-order valence-electron chi connectivity index (χ1n) is 5.75. The molecular weight excluding hydrogens is 189 g/mol. The number of halogens is 1. The van der Waals surface area contributed by atoms with Gasteiger partial charge in [0.2, 0.25) is 0 Å². The fourth-order valence-corrected chi connectivity index (χ4v) is 1.62. The second-order valence-corrected chi connectivity index (χ2v) is 4.02. The molecular formula is C13H20FN. The van der Waals surface area contributed by atoms with Gasteiger partial charge in [0.15, 0.2) is 0 Å². The highest BCUT2D eigenvalue weighted by Gasteiger charge is 2.04. The summed E-state index contributed by atoms with van der Waals surface area (Å²) in [5, 5.41) is 3.19. The smallest absolute Gasteiger partial charge is 0.146 e. The zero-order valence-electron chi connectivity index (χ0n) is 9.59. The van der Waals surface area contributed by atoms with Crippen molar-refractivity contribution in [1.82, 2.24) is 0 Å². The topological polar surface area (TPSA) is 12.0 Å². The first kappa shape index (κ1) is 12.0. The zero-order chi connectivity index (χ0) is 11.1. The maximum absolute atomic E-state index is 13.3. The molecule has 0 heterocycles. The second-order valence-electron chi connectivity index (χ2n) is 4.02. The molecule has 2 heteroatoms. The molecule has 1 atom stereocenters. The Labute approximate surface area is 91.7 Å². The Morgan fingerprint density at radius 3 is 2.67 bits per heavy atom. The minimum Gasteiger partial charge on any atom is -0.380 e. The molecule has 15 heavy (non-hydrogen) atoms. The van der Waals surface area contributed by atoms with Crippen molar-refractivity contribution >= 4 is 5.69 Å². The molecule has 1 nitrogen and oxygen atoms in total. The summed E-state index contributed by atoms with van der Waals surface area (Å²) in [6.45, 7) is 4.29. The molecule has 1 unspecified atom stereocenters. The average Bonchev–Trinajstić information content (AvgIpc) is 2.22. The number of hydrogen-bond donors (Lipinski definition) is 1. The van der Waals surface area contributed by atoms with Gasteiger partial charge in [-0.2, -0.15) is 0 Å². The van der Waals surface area contributed by atoms with Gasteiger partial charge in [0.1, 0.15) is 5.82 Å². The van der Waals surface area contributed by atoms with E-state index in [1.807, 2.05) is 6.07 Å². The van der Waals surface area contributed by atoms with E-state index >= 15 is 0 Å². The van der Waals surface area contributed by atoms with Crippen LogP contribution in [0.1, 0.15) is 39.5 Å². The van der Waals surface area contributed by atoms with Gasteiger partial charge >= 0.3 is 0 Å². The van der Waals surface area contributed by atoms with Crippen molar-refractivity contribution in [3.05, 3.63) is 30.1 Å². The molecule has 0 aromatic heterocycles. The van der Waals surface area contributed by atoms with Gasteiger partial charge < -0.3 is 5.32 Å². The summed E-state index contributed by atoms with van der Waals surface area (Å²) in [6, 6.07) is 7.17. The van der Waals surface area contributed by atoms with Crippen LogP contribution in [0.4, 0.5) is 10.1 Å². The lowest BCUT2D eigenvalue weighted by atomic mass is 10.1. The monoisotopic (exact) mass is 209 g/mol. The van der Waals surface area contributed by atoms with E-state index < -0.39 is 0 Å². The minimum atomic E-state index is -0.167. The van der Waals surface area contributed by atoms with Crippen LogP contribution in [0.2, 0.25) is 0 Å². The predicted octanol–water partition coefficient (Wildman–Crippen LogP) is 4.21. The largest absolute Gasteiger partial charge is 0.380 e. The van der Waals surface area contributed by atoms with Crippen LogP contribution < -0.4 is 5.32 Å². The lowest BCUT2D eigenvalue weighted by Gasteiger charge is -2.15. The summed E-state index contributed by atoms with van der Waals surface area (Å²) in [5.74, 6) is -0.167. The zero-order valence-corrected chi connectivity index (χ0v) is 9.59. The van der Waals surface area contributed by atoms with E-state index in [0.717, 1.165) is 6.42 Å². The predicted molar refractivity (Wildman–Crippen MR) is 63.6 cm³/mol. The molecule has 1 N–H and O–H groups in total. The molecule has 0 aliphatic rings. The highest BCUT2D eigenvalue weighted by Crippen LogP contribution is 2.15. The van der Waals surface area contributed by atoms with Gasteiger partial charge in [-0.25, -0.2) is 4.39 Å². The van der Waals surface area contributed by atoms with Crippen molar-refractivity contribution in [3.8, 4) is 0 Å². The van der Waals surface area contributed by atoms with Crippen LogP contribution in [0, 0.1) is 5.82 Å². The third kappa shape index (κ3) is 4.32. The summed E-state index contributed by atoms with van der Waals surface area (Å²) >= 11 is 0. The highest BCUT2D eigenvalue weighted by molar-refractivity contribution is 5.44. The van der Waals surface area contributed by atoms with Crippen LogP contribution in [0.15, 0.2) is 24.3 Å². The number of para-hydroxylation sites is 1. The molecule has 0 fully saturated rings. The third-order valence-corrected chi connectivity index (χ3v) is 2.52. The molecule has 84 valence electrons. The van der Waals surface area contributed by atoms with Gasteiger partial charge in [-0.05, 0) is 25.5 Å². The molecule has 0 spiro atoms. The molecule has 0 amide bonds. The minimum absolute atomic E-state index is 0.167. The van der Waals surface area contributed by atoms with Crippen molar-refractivity contribution in [3.63, 3.8) is 0 Å². The number of hydrogen-bond acceptors (Lipinski definition) is 1. The SMILES string of the molecule is CCCCCC(C)Nc1ccccc1F. The molecule has 0 radical (unpaired) electrons. The number of anilines is 1. The van der Waals surface area contributed by atoms with Gasteiger partial charge in [-0.1, -0.05) is 38.3 Å². The normalized spacial score (nSPS) is 12.5. The third-order valence-electron chi connectivity index (χ3n) is 2.52. The molecule has 0 saturated heterocycles. The number of unbranched alkanes of at least 4 members (excludes halogenated alkanes) is 2. The Hall–Kier alpha value is -1.05. The quantitative estimate of drug-likeness (QED) is 0.692. The summed E-state index contributed by atoms with van der Waals surface area (Å²) in [6.07, 6.45) is 4.79. The summed E-state index contributed by atoms with van der Waals surface area (Å²) < 4.78 is 13.3. The fraction of sp³-hybridized carbons (Fsp3) is 0.538. The van der Waals surface area contributed by atoms with Crippen LogP contribution in [-0.2, 0) is 0 Å². The van der Waals surface area contributed by atoms with E-state index in [0.29, 0.717) is 11.7 Å². The van der Waals surface area contributed by atoms with Crippen molar-refractivity contribution in [2.24, 2.45) is 0 Å². The van der Waals surface area contributed by atoms with Crippen molar-refractivity contribution in [1.29, 1.82) is 0 Å². The first-order chi connectivity index (χ1) is 7.24. The molecule has 1 aromatic rings. The first-order valence-corrected chi connectivity index (χ1v) is 5.75. The van der Waals surface area contributed by atoms with Crippen LogP contribution in [0.3, 0.4) is 0 Å². The maximum atomic E-state index is 13.3. The molecule has 0 aliphatic carbocycles. The molecule has 0 saturated carbocycles. The Morgan fingerprint density at radius 1 is 1.27 bits per heavy atom. The van der Waals surface area contributed by atoms with Crippen LogP contribution in [0.25, 0.3) is 0 Å². The van der Waals surface area contributed by atoms with Gasteiger partial charge in [0, 0.05) is 6.04 Å². The average molecular weight is 209 g/mol. The van der Waals surface area contributed by atoms with Gasteiger partial charge in [0.25, 0.3) is 0 Å². The van der Waals surface area contributed by atoms with Gasteiger partial charge in [-0.3, -0.25) is 0 Å². The number of nitrogens with one attached hydrogen (secondary N) is 1. The lowest BCUT2D eigenvalue weighted by molar-refractivity contribution is 0.599. The second kappa shape index (κ2) is 6.44. The van der Waals surface area contributed by atoms with Gasteiger partial charge in [-0.15, -0.1) is 0 Å². The summed E-state index contributed by atoms with van der Waals surface area (Å²) in [7, 11) is 0. The van der Waals surface area contributed by atoms with E-state index in [1.165, 1.54) is 25.3 Å². The Kier molecular flexibility index (Phi) is 5.16. The van der Waals surface area contributed by atoms with Crippen molar-refractivity contribution in [2.75, 3.05) is 5.32 Å². The van der Waals surface area contributed by atoms with Crippen molar-refractivity contribution in [2.45, 2.75) is 45.6 Å². The van der Waals surface area contributed by atoms with Crippen LogP contribution in [-0.4, -0.2) is 6.04 Å². The standard InChI is InChI=1S/C13H20FN/c1-3-4-5-8-11(2)15-13-10-7-6-9-12(13)14/h6-7,9-11,15H,3-5,8H2,1-2H3. The number of benzene rings is 1. The molecule has 0 bridgehead atoms. The van der Waals surface area contributed by atoms with Crippen LogP contribution >= 0.6 is 0 Å². The summed E-state index contributed by atoms with van der Waals surface area (Å²) in [5.41, 5.74) is 0.612. The van der Waals surface area contributed by atoms with E-state index in [9.17, 15) is 4.39 Å². The van der Waals surface area contributed by atoms with Crippen molar-refractivity contribution < 1.29 is 4.39 Å². The molecule has 1 rings (SSSR count). The van der Waals surface area contributed by atoms with E-state index in [1.54, 1.807) is 12.1 Å².